The average Bonchev–Trinajstić information content (AvgIpc) is 2.63. The van der Waals surface area contributed by atoms with Gasteiger partial charge in [-0.15, -0.1) is 0 Å². The highest BCUT2D eigenvalue weighted by atomic mass is 35.5. The first-order valence-corrected chi connectivity index (χ1v) is 9.35. The van der Waals surface area contributed by atoms with Crippen LogP contribution in [0.15, 0.2) is 60.7 Å². The SMILES string of the molecule is CC(C)(C)OC(=O)NC(C(=O)/C=C\c1ccccc1Cl)(c1ccccc1)C(F)(F)F. The highest BCUT2D eigenvalue weighted by Gasteiger charge is 2.62. The Morgan fingerprint density at radius 1 is 0.967 bits per heavy atom. The van der Waals surface area contributed by atoms with Gasteiger partial charge in [-0.1, -0.05) is 60.1 Å². The smallest absolute Gasteiger partial charge is 0.423 e. The van der Waals surface area contributed by atoms with Crippen LogP contribution in [0.3, 0.4) is 0 Å². The van der Waals surface area contributed by atoms with Crippen molar-refractivity contribution in [2.24, 2.45) is 0 Å². The lowest BCUT2D eigenvalue weighted by molar-refractivity contribution is -0.198. The lowest BCUT2D eigenvalue weighted by atomic mass is 9.84. The van der Waals surface area contributed by atoms with E-state index in [1.807, 2.05) is 0 Å². The largest absolute Gasteiger partial charge is 0.444 e. The zero-order chi connectivity index (χ0) is 22.6. The Morgan fingerprint density at radius 2 is 1.53 bits per heavy atom. The summed E-state index contributed by atoms with van der Waals surface area (Å²) in [6.07, 6.45) is -4.61. The number of alkyl halides is 3. The van der Waals surface area contributed by atoms with Crippen LogP contribution in [0.1, 0.15) is 31.9 Å². The molecule has 160 valence electrons. The minimum Gasteiger partial charge on any atom is -0.444 e. The summed E-state index contributed by atoms with van der Waals surface area (Å²) in [4.78, 5) is 25.3. The molecule has 0 aromatic heterocycles. The molecule has 0 radical (unpaired) electrons. The Morgan fingerprint density at radius 3 is 2.07 bits per heavy atom. The minimum atomic E-state index is -5.16. The highest BCUT2D eigenvalue weighted by Crippen LogP contribution is 2.40. The number of amides is 1. The van der Waals surface area contributed by atoms with Crippen molar-refractivity contribution in [1.82, 2.24) is 5.32 Å². The van der Waals surface area contributed by atoms with Crippen LogP contribution in [0.5, 0.6) is 0 Å². The summed E-state index contributed by atoms with van der Waals surface area (Å²) in [6, 6.07) is 12.8. The van der Waals surface area contributed by atoms with E-state index in [2.05, 4.69) is 0 Å². The van der Waals surface area contributed by atoms with Crippen molar-refractivity contribution < 1.29 is 27.5 Å². The first-order valence-electron chi connectivity index (χ1n) is 8.97. The van der Waals surface area contributed by atoms with Gasteiger partial charge in [-0.25, -0.2) is 4.79 Å². The van der Waals surface area contributed by atoms with Gasteiger partial charge >= 0.3 is 12.3 Å². The fourth-order valence-electron chi connectivity index (χ4n) is 2.70. The number of halogens is 4. The number of nitrogens with one attached hydrogen (secondary N) is 1. The molecule has 8 heteroatoms. The molecule has 0 saturated heterocycles. The van der Waals surface area contributed by atoms with Crippen molar-refractivity contribution in [2.45, 2.75) is 38.1 Å². The number of carbonyl (C=O) groups is 2. The van der Waals surface area contributed by atoms with E-state index in [0.29, 0.717) is 5.56 Å². The minimum absolute atomic E-state index is 0.263. The first kappa shape index (κ1) is 23.5. The van der Waals surface area contributed by atoms with Crippen LogP contribution in [-0.2, 0) is 15.1 Å². The normalized spacial score (nSPS) is 14.2. The van der Waals surface area contributed by atoms with E-state index in [4.69, 9.17) is 16.3 Å². The summed E-state index contributed by atoms with van der Waals surface area (Å²) < 4.78 is 48.1. The Labute approximate surface area is 177 Å². The number of rotatable bonds is 5. The molecule has 1 N–H and O–H groups in total. The molecule has 2 aromatic carbocycles. The maximum atomic E-state index is 14.4. The maximum absolute atomic E-state index is 14.4. The molecule has 0 fully saturated rings. The van der Waals surface area contributed by atoms with E-state index in [9.17, 15) is 22.8 Å². The van der Waals surface area contributed by atoms with Gasteiger partial charge < -0.3 is 4.74 Å². The molecule has 1 unspecified atom stereocenters. The molecule has 0 spiro atoms. The van der Waals surface area contributed by atoms with Gasteiger partial charge in [-0.05, 0) is 50.1 Å². The molecule has 2 aromatic rings. The zero-order valence-corrected chi connectivity index (χ0v) is 17.3. The van der Waals surface area contributed by atoms with Crippen LogP contribution < -0.4 is 5.32 Å². The Hall–Kier alpha value is -2.80. The van der Waals surface area contributed by atoms with E-state index in [0.717, 1.165) is 18.2 Å². The van der Waals surface area contributed by atoms with Crippen molar-refractivity contribution >= 4 is 29.6 Å². The van der Waals surface area contributed by atoms with Crippen molar-refractivity contribution in [3.8, 4) is 0 Å². The Balaban J connectivity index is 2.57. The van der Waals surface area contributed by atoms with E-state index >= 15 is 0 Å². The molecule has 30 heavy (non-hydrogen) atoms. The van der Waals surface area contributed by atoms with Gasteiger partial charge in [0.05, 0.1) is 0 Å². The van der Waals surface area contributed by atoms with Gasteiger partial charge in [-0.2, -0.15) is 13.2 Å². The molecular weight excluding hydrogens is 419 g/mol. The molecule has 0 bridgehead atoms. The number of hydrogen-bond donors (Lipinski definition) is 1. The molecule has 0 aliphatic carbocycles. The predicted octanol–water partition coefficient (Wildman–Crippen LogP) is 5.90. The van der Waals surface area contributed by atoms with Gasteiger partial charge in [0.2, 0.25) is 5.54 Å². The number of ether oxygens (including phenoxy) is 1. The fraction of sp³-hybridized carbons (Fsp3) is 0.273. The monoisotopic (exact) mass is 439 g/mol. The standard InChI is InChI=1S/C22H21ClF3NO3/c1-20(2,3)30-19(29)27-21(22(24,25)26,16-10-5-4-6-11-16)18(28)14-13-15-9-7-8-12-17(15)23/h4-14H,1-3H3,(H,27,29)/b14-13-. The predicted molar refractivity (Wildman–Crippen MR) is 109 cm³/mol. The number of ketones is 1. The maximum Gasteiger partial charge on any atom is 0.423 e. The quantitative estimate of drug-likeness (QED) is 0.590. The second-order valence-electron chi connectivity index (χ2n) is 7.46. The third-order valence-corrected chi connectivity index (χ3v) is 4.35. The second-order valence-corrected chi connectivity index (χ2v) is 7.87. The van der Waals surface area contributed by atoms with E-state index < -0.39 is 34.8 Å². The van der Waals surface area contributed by atoms with Crippen LogP contribution >= 0.6 is 11.6 Å². The summed E-state index contributed by atoms with van der Waals surface area (Å²) in [7, 11) is 0. The van der Waals surface area contributed by atoms with E-state index in [-0.39, 0.29) is 5.02 Å². The third-order valence-electron chi connectivity index (χ3n) is 4.01. The molecule has 0 heterocycles. The van der Waals surface area contributed by atoms with Crippen LogP contribution in [0.2, 0.25) is 5.02 Å². The molecule has 0 saturated carbocycles. The van der Waals surface area contributed by atoms with E-state index in [1.54, 1.807) is 29.6 Å². The number of benzene rings is 2. The highest BCUT2D eigenvalue weighted by molar-refractivity contribution is 6.32. The number of alkyl carbamates (subject to hydrolysis) is 1. The van der Waals surface area contributed by atoms with Crippen LogP contribution in [0, 0.1) is 0 Å². The summed E-state index contributed by atoms with van der Waals surface area (Å²) in [5.74, 6) is -1.40. The van der Waals surface area contributed by atoms with Gasteiger partial charge in [0, 0.05) is 5.02 Å². The lowest BCUT2D eigenvalue weighted by Gasteiger charge is -2.35. The number of carbonyl (C=O) groups excluding carboxylic acids is 2. The van der Waals surface area contributed by atoms with Crippen molar-refractivity contribution in [3.05, 3.63) is 76.8 Å². The number of hydrogen-bond acceptors (Lipinski definition) is 3. The average molecular weight is 440 g/mol. The van der Waals surface area contributed by atoms with Gasteiger partial charge in [-0.3, -0.25) is 10.1 Å². The van der Waals surface area contributed by atoms with Crippen molar-refractivity contribution in [3.63, 3.8) is 0 Å². The Bertz CT molecular complexity index is 937. The fourth-order valence-corrected chi connectivity index (χ4v) is 2.89. The molecular formula is C22H21ClF3NO3. The molecule has 0 aliphatic heterocycles. The van der Waals surface area contributed by atoms with Crippen molar-refractivity contribution in [1.29, 1.82) is 0 Å². The second kappa shape index (κ2) is 8.92. The van der Waals surface area contributed by atoms with Crippen molar-refractivity contribution in [2.75, 3.05) is 0 Å². The lowest BCUT2D eigenvalue weighted by Crippen LogP contribution is -2.61. The molecule has 1 amide bonds. The molecule has 2 rings (SSSR count). The van der Waals surface area contributed by atoms with Crippen LogP contribution in [-0.4, -0.2) is 23.7 Å². The van der Waals surface area contributed by atoms with E-state index in [1.165, 1.54) is 45.0 Å². The Kier molecular flexibility index (Phi) is 6.98. The summed E-state index contributed by atoms with van der Waals surface area (Å²) in [5.41, 5.74) is -4.49. The first-order chi connectivity index (χ1) is 13.9. The van der Waals surface area contributed by atoms with Gasteiger partial charge in [0.25, 0.3) is 0 Å². The van der Waals surface area contributed by atoms with Crippen LogP contribution in [0.25, 0.3) is 6.08 Å². The third kappa shape index (κ3) is 5.42. The van der Waals surface area contributed by atoms with Gasteiger partial charge in [0.15, 0.2) is 5.78 Å². The molecule has 0 aliphatic rings. The topological polar surface area (TPSA) is 55.4 Å². The summed E-state index contributed by atoms with van der Waals surface area (Å²) in [5, 5.41) is 2.04. The summed E-state index contributed by atoms with van der Waals surface area (Å²) in [6.45, 7) is 4.51. The molecule has 4 nitrogen and oxygen atoms in total. The van der Waals surface area contributed by atoms with Crippen LogP contribution in [0.4, 0.5) is 18.0 Å². The molecule has 1 atom stereocenters. The zero-order valence-electron chi connectivity index (χ0n) is 16.6. The van der Waals surface area contributed by atoms with Gasteiger partial charge in [0.1, 0.15) is 5.60 Å². The summed E-state index contributed by atoms with van der Waals surface area (Å²) >= 11 is 6.01.